The Labute approximate surface area is 66.4 Å². The lowest BCUT2D eigenvalue weighted by molar-refractivity contribution is -0.144. The van der Waals surface area contributed by atoms with Crippen LogP contribution >= 0.6 is 0 Å². The summed E-state index contributed by atoms with van der Waals surface area (Å²) in [6.45, 7) is 6.82. The minimum atomic E-state index is -0.200. The predicted octanol–water partition coefficient (Wildman–Crippen LogP) is 0.468. The maximum Gasteiger partial charge on any atom is 0.249 e. The van der Waals surface area contributed by atoms with Crippen LogP contribution in [0.3, 0.4) is 0 Å². The molecule has 0 spiro atoms. The van der Waals surface area contributed by atoms with Crippen LogP contribution in [-0.4, -0.2) is 25.2 Å². The van der Waals surface area contributed by atoms with Crippen LogP contribution in [0.25, 0.3) is 0 Å². The van der Waals surface area contributed by atoms with Crippen molar-refractivity contribution >= 4 is 5.91 Å². The summed E-state index contributed by atoms with van der Waals surface area (Å²) in [7, 11) is 0. The maximum absolute atomic E-state index is 11.1. The molecule has 1 saturated heterocycles. The first kappa shape index (κ1) is 8.27. The van der Waals surface area contributed by atoms with Crippen LogP contribution in [0.5, 0.6) is 0 Å². The molecule has 1 rings (SSSR count). The number of rotatable bonds is 3. The Morgan fingerprint density at radius 2 is 2.45 bits per heavy atom. The molecule has 1 aliphatic heterocycles. The number of carbonyl (C=O) groups excluding carboxylic acids is 1. The van der Waals surface area contributed by atoms with Crippen molar-refractivity contribution < 1.29 is 9.53 Å². The van der Waals surface area contributed by atoms with Crippen molar-refractivity contribution in [2.45, 2.75) is 19.4 Å². The van der Waals surface area contributed by atoms with Gasteiger partial charge in [-0.25, -0.2) is 0 Å². The third-order valence-electron chi connectivity index (χ3n) is 1.56. The zero-order valence-electron chi connectivity index (χ0n) is 6.72. The lowest BCUT2D eigenvalue weighted by Gasteiger charge is -2.24. The molecule has 1 unspecified atom stereocenters. The van der Waals surface area contributed by atoms with Gasteiger partial charge in [-0.2, -0.15) is 0 Å². The molecule has 3 nitrogen and oxygen atoms in total. The molecule has 0 radical (unpaired) electrons. The fraction of sp³-hybridized carbons (Fsp3) is 0.625. The van der Waals surface area contributed by atoms with E-state index in [1.54, 1.807) is 0 Å². The Kier molecular flexibility index (Phi) is 2.65. The van der Waals surface area contributed by atoms with Crippen LogP contribution in [0, 0.1) is 0 Å². The smallest absolute Gasteiger partial charge is 0.249 e. The van der Waals surface area contributed by atoms with Gasteiger partial charge in [0.25, 0.3) is 0 Å². The lowest BCUT2D eigenvalue weighted by atomic mass is 10.2. The van der Waals surface area contributed by atoms with Gasteiger partial charge in [0.2, 0.25) is 5.91 Å². The molecule has 0 saturated carbocycles. The molecule has 11 heavy (non-hydrogen) atoms. The van der Waals surface area contributed by atoms with Crippen LogP contribution in [0.1, 0.15) is 13.3 Å². The number of carbonyl (C=O) groups is 1. The molecule has 0 aliphatic carbocycles. The molecule has 0 bridgehead atoms. The van der Waals surface area contributed by atoms with Gasteiger partial charge in [-0.15, -0.1) is 0 Å². The highest BCUT2D eigenvalue weighted by atomic mass is 16.5. The molecule has 1 aliphatic rings. The first-order valence-corrected chi connectivity index (χ1v) is 3.74. The third kappa shape index (κ3) is 2.35. The topological polar surface area (TPSA) is 38.3 Å². The van der Waals surface area contributed by atoms with Crippen molar-refractivity contribution in [1.82, 2.24) is 5.32 Å². The minimum absolute atomic E-state index is 0.0146. The van der Waals surface area contributed by atoms with Crippen LogP contribution in [0.4, 0.5) is 0 Å². The van der Waals surface area contributed by atoms with Gasteiger partial charge in [0, 0.05) is 13.0 Å². The average molecular weight is 155 g/mol. The van der Waals surface area contributed by atoms with Crippen molar-refractivity contribution in [3.63, 3.8) is 0 Å². The highest BCUT2D eigenvalue weighted by Crippen LogP contribution is 2.10. The fourth-order valence-corrected chi connectivity index (χ4v) is 0.794. The van der Waals surface area contributed by atoms with Gasteiger partial charge in [0.1, 0.15) is 6.10 Å². The van der Waals surface area contributed by atoms with E-state index in [1.807, 2.05) is 6.92 Å². The van der Waals surface area contributed by atoms with Gasteiger partial charge < -0.3 is 10.1 Å². The van der Waals surface area contributed by atoms with E-state index in [1.165, 1.54) is 0 Å². The summed E-state index contributed by atoms with van der Waals surface area (Å²) in [5.74, 6) is -0.0146. The molecule has 1 amide bonds. The van der Waals surface area contributed by atoms with Gasteiger partial charge in [-0.3, -0.25) is 4.79 Å². The van der Waals surface area contributed by atoms with E-state index in [0.29, 0.717) is 13.2 Å². The summed E-state index contributed by atoms with van der Waals surface area (Å²) < 4.78 is 4.98. The van der Waals surface area contributed by atoms with E-state index >= 15 is 0 Å². The Bertz CT molecular complexity index is 173. The Balaban J connectivity index is 2.15. The summed E-state index contributed by atoms with van der Waals surface area (Å²) in [5.41, 5.74) is 0.956. The third-order valence-corrected chi connectivity index (χ3v) is 1.56. The summed E-state index contributed by atoms with van der Waals surface area (Å²) >= 11 is 0. The lowest BCUT2D eigenvalue weighted by Crippen LogP contribution is -2.43. The van der Waals surface area contributed by atoms with Gasteiger partial charge in [0.15, 0.2) is 0 Å². The van der Waals surface area contributed by atoms with E-state index in [-0.39, 0.29) is 12.0 Å². The fourth-order valence-electron chi connectivity index (χ4n) is 0.794. The Morgan fingerprint density at radius 1 is 1.82 bits per heavy atom. The van der Waals surface area contributed by atoms with Crippen LogP contribution < -0.4 is 5.32 Å². The molecule has 1 fully saturated rings. The number of nitrogens with one attached hydrogen (secondary N) is 1. The summed E-state index contributed by atoms with van der Waals surface area (Å²) in [5, 5.41) is 2.72. The van der Waals surface area contributed by atoms with Crippen molar-refractivity contribution in [2.24, 2.45) is 0 Å². The van der Waals surface area contributed by atoms with Crippen molar-refractivity contribution in [3.8, 4) is 0 Å². The molecule has 3 heteroatoms. The summed E-state index contributed by atoms with van der Waals surface area (Å²) in [6.07, 6.45) is 0.650. The number of ether oxygens (including phenoxy) is 1. The predicted molar refractivity (Wildman–Crippen MR) is 42.2 cm³/mol. The molecule has 62 valence electrons. The normalized spacial score (nSPS) is 22.1. The molecule has 1 heterocycles. The number of hydrogen-bond donors (Lipinski definition) is 1. The van der Waals surface area contributed by atoms with Crippen LogP contribution in [0.2, 0.25) is 0 Å². The van der Waals surface area contributed by atoms with Crippen molar-refractivity contribution in [3.05, 3.63) is 12.2 Å². The standard InChI is InChI=1S/C8H13NO2/c1-6(2)5-9-8(10)7-3-4-11-7/h7H,1,3-5H2,2H3,(H,9,10). The molecule has 1 N–H and O–H groups in total. The van der Waals surface area contributed by atoms with E-state index in [0.717, 1.165) is 12.0 Å². The molecular weight excluding hydrogens is 142 g/mol. The van der Waals surface area contributed by atoms with Gasteiger partial charge in [0.05, 0.1) is 6.61 Å². The van der Waals surface area contributed by atoms with Gasteiger partial charge in [-0.1, -0.05) is 12.2 Å². The zero-order valence-corrected chi connectivity index (χ0v) is 6.72. The Morgan fingerprint density at radius 3 is 2.82 bits per heavy atom. The first-order valence-electron chi connectivity index (χ1n) is 3.74. The highest BCUT2D eigenvalue weighted by Gasteiger charge is 2.25. The molecule has 0 aromatic heterocycles. The number of amides is 1. The second kappa shape index (κ2) is 3.53. The number of hydrogen-bond acceptors (Lipinski definition) is 2. The van der Waals surface area contributed by atoms with Crippen molar-refractivity contribution in [1.29, 1.82) is 0 Å². The molecule has 0 aromatic rings. The maximum atomic E-state index is 11.1. The summed E-state index contributed by atoms with van der Waals surface area (Å²) in [6, 6.07) is 0. The second-order valence-electron chi connectivity index (χ2n) is 2.82. The molecule has 0 aromatic carbocycles. The largest absolute Gasteiger partial charge is 0.368 e. The van der Waals surface area contributed by atoms with Crippen LogP contribution in [0.15, 0.2) is 12.2 Å². The monoisotopic (exact) mass is 155 g/mol. The summed E-state index contributed by atoms with van der Waals surface area (Å²) in [4.78, 5) is 11.1. The quantitative estimate of drug-likeness (QED) is 0.601. The van der Waals surface area contributed by atoms with E-state index in [2.05, 4.69) is 11.9 Å². The molecular formula is C8H13NO2. The second-order valence-corrected chi connectivity index (χ2v) is 2.82. The SMILES string of the molecule is C=C(C)CNC(=O)C1CCO1. The van der Waals surface area contributed by atoms with Crippen molar-refractivity contribution in [2.75, 3.05) is 13.2 Å². The van der Waals surface area contributed by atoms with Gasteiger partial charge >= 0.3 is 0 Å². The van der Waals surface area contributed by atoms with Crippen LogP contribution in [-0.2, 0) is 9.53 Å². The van der Waals surface area contributed by atoms with Gasteiger partial charge in [-0.05, 0) is 6.92 Å². The van der Waals surface area contributed by atoms with E-state index < -0.39 is 0 Å². The highest BCUT2D eigenvalue weighted by molar-refractivity contribution is 5.81. The minimum Gasteiger partial charge on any atom is -0.368 e. The first-order chi connectivity index (χ1) is 5.20. The Hall–Kier alpha value is -0.830. The molecule has 1 atom stereocenters. The average Bonchev–Trinajstić information content (AvgIpc) is 1.79. The zero-order chi connectivity index (χ0) is 8.27. The van der Waals surface area contributed by atoms with E-state index in [9.17, 15) is 4.79 Å². The van der Waals surface area contributed by atoms with E-state index in [4.69, 9.17) is 4.74 Å².